The molecule has 1 amide bonds. The maximum Gasteiger partial charge on any atom is 0.239 e. The number of amides is 1. The number of carbonyl (C=O) groups excluding carboxylic acids is 1. The Bertz CT molecular complexity index is 604. The van der Waals surface area contributed by atoms with Gasteiger partial charge in [0.1, 0.15) is 0 Å². The molecule has 2 aromatic rings. The second-order valence-corrected chi connectivity index (χ2v) is 5.80. The van der Waals surface area contributed by atoms with E-state index in [1.165, 1.54) is 0 Å². The van der Waals surface area contributed by atoms with Gasteiger partial charge in [0.05, 0.1) is 17.4 Å². The van der Waals surface area contributed by atoms with Crippen molar-refractivity contribution in [1.82, 2.24) is 15.1 Å². The minimum Gasteiger partial charge on any atom is -0.354 e. The van der Waals surface area contributed by atoms with Crippen LogP contribution in [0.25, 0.3) is 5.69 Å². The van der Waals surface area contributed by atoms with Crippen molar-refractivity contribution in [3.05, 3.63) is 48.3 Å². The Morgan fingerprint density at radius 1 is 1.36 bits per heavy atom. The van der Waals surface area contributed by atoms with E-state index >= 15 is 0 Å². The van der Waals surface area contributed by atoms with Crippen LogP contribution in [-0.2, 0) is 11.2 Å². The first kappa shape index (κ1) is 16.2. The van der Waals surface area contributed by atoms with Gasteiger partial charge in [0.15, 0.2) is 0 Å². The number of nitrogens with one attached hydrogen (secondary N) is 1. The molecule has 118 valence electrons. The number of benzene rings is 1. The quantitative estimate of drug-likeness (QED) is 0.822. The van der Waals surface area contributed by atoms with Gasteiger partial charge in [-0.25, -0.2) is 4.68 Å². The van der Waals surface area contributed by atoms with E-state index in [1.54, 1.807) is 6.92 Å². The molecule has 1 unspecified atom stereocenters. The first-order valence-corrected chi connectivity index (χ1v) is 7.69. The molecular weight excluding hydrogens is 276 g/mol. The van der Waals surface area contributed by atoms with E-state index in [0.717, 1.165) is 24.1 Å². The van der Waals surface area contributed by atoms with Gasteiger partial charge in [0.25, 0.3) is 0 Å². The fraction of sp³-hybridized carbons (Fsp3) is 0.412. The maximum atomic E-state index is 12.0. The smallest absolute Gasteiger partial charge is 0.239 e. The van der Waals surface area contributed by atoms with Crippen molar-refractivity contribution in [2.24, 2.45) is 5.73 Å². The molecule has 2 rings (SSSR count). The van der Waals surface area contributed by atoms with E-state index < -0.39 is 5.54 Å². The average Bonchev–Trinajstić information content (AvgIpc) is 2.97. The van der Waals surface area contributed by atoms with Crippen LogP contribution in [0.3, 0.4) is 0 Å². The molecule has 0 fully saturated rings. The summed E-state index contributed by atoms with van der Waals surface area (Å²) in [5.41, 5.74) is 7.32. The minimum atomic E-state index is -0.789. The molecule has 5 heteroatoms. The zero-order chi connectivity index (χ0) is 16.0. The van der Waals surface area contributed by atoms with Gasteiger partial charge in [-0.1, -0.05) is 31.5 Å². The van der Waals surface area contributed by atoms with Crippen molar-refractivity contribution in [3.8, 4) is 5.69 Å². The molecule has 1 atom stereocenters. The maximum absolute atomic E-state index is 12.0. The molecule has 0 aliphatic rings. The lowest BCUT2D eigenvalue weighted by Crippen LogP contribution is -2.51. The number of aromatic nitrogens is 2. The van der Waals surface area contributed by atoms with Crippen LogP contribution in [0.5, 0.6) is 0 Å². The van der Waals surface area contributed by atoms with Gasteiger partial charge in [0, 0.05) is 12.7 Å². The summed E-state index contributed by atoms with van der Waals surface area (Å²) in [5.74, 6) is -0.0928. The Labute approximate surface area is 131 Å². The third-order valence-corrected chi connectivity index (χ3v) is 3.64. The second kappa shape index (κ2) is 7.22. The number of hydrogen-bond donors (Lipinski definition) is 2. The van der Waals surface area contributed by atoms with Crippen molar-refractivity contribution < 1.29 is 4.79 Å². The molecule has 0 radical (unpaired) electrons. The molecule has 0 aliphatic heterocycles. The zero-order valence-electron chi connectivity index (χ0n) is 13.2. The molecule has 1 aromatic carbocycles. The van der Waals surface area contributed by atoms with Crippen molar-refractivity contribution in [2.75, 3.05) is 6.54 Å². The number of rotatable bonds is 7. The number of nitrogens with two attached hydrogens (primary N) is 1. The molecule has 0 saturated heterocycles. The molecule has 1 aromatic heterocycles. The molecule has 0 aliphatic carbocycles. The van der Waals surface area contributed by atoms with Crippen LogP contribution in [0.2, 0.25) is 0 Å². The normalized spacial score (nSPS) is 13.6. The average molecular weight is 300 g/mol. The zero-order valence-corrected chi connectivity index (χ0v) is 13.2. The van der Waals surface area contributed by atoms with Crippen molar-refractivity contribution in [2.45, 2.75) is 38.6 Å². The highest BCUT2D eigenvalue weighted by Crippen LogP contribution is 2.09. The van der Waals surface area contributed by atoms with E-state index in [0.29, 0.717) is 13.0 Å². The minimum absolute atomic E-state index is 0.0928. The first-order valence-electron chi connectivity index (χ1n) is 7.69. The highest BCUT2D eigenvalue weighted by Gasteiger charge is 2.26. The van der Waals surface area contributed by atoms with E-state index in [2.05, 4.69) is 10.4 Å². The Hall–Kier alpha value is -2.14. The number of para-hydroxylation sites is 1. The Morgan fingerprint density at radius 2 is 2.09 bits per heavy atom. The van der Waals surface area contributed by atoms with E-state index in [1.807, 2.05) is 54.3 Å². The summed E-state index contributed by atoms with van der Waals surface area (Å²) in [5, 5.41) is 7.25. The summed E-state index contributed by atoms with van der Waals surface area (Å²) in [4.78, 5) is 12.0. The molecular formula is C17H24N4O. The SMILES string of the molecule is CCCC(C)(N)C(=O)NCCc1cnn(-c2ccccc2)c1. The van der Waals surface area contributed by atoms with Gasteiger partial charge in [-0.3, -0.25) is 4.79 Å². The number of carbonyl (C=O) groups is 1. The molecule has 5 nitrogen and oxygen atoms in total. The van der Waals surface area contributed by atoms with Gasteiger partial charge >= 0.3 is 0 Å². The van der Waals surface area contributed by atoms with Gasteiger partial charge in [0.2, 0.25) is 5.91 Å². The van der Waals surface area contributed by atoms with Crippen LogP contribution in [-0.4, -0.2) is 27.8 Å². The van der Waals surface area contributed by atoms with Gasteiger partial charge in [-0.15, -0.1) is 0 Å². The molecule has 0 saturated carbocycles. The van der Waals surface area contributed by atoms with Gasteiger partial charge in [-0.2, -0.15) is 5.10 Å². The first-order chi connectivity index (χ1) is 10.5. The van der Waals surface area contributed by atoms with Crippen LogP contribution >= 0.6 is 0 Å². The fourth-order valence-corrected chi connectivity index (χ4v) is 2.37. The molecule has 3 N–H and O–H groups in total. The molecule has 1 heterocycles. The van der Waals surface area contributed by atoms with Crippen molar-refractivity contribution in [1.29, 1.82) is 0 Å². The second-order valence-electron chi connectivity index (χ2n) is 5.80. The van der Waals surface area contributed by atoms with Crippen LogP contribution in [0.1, 0.15) is 32.3 Å². The molecule has 0 spiro atoms. The highest BCUT2D eigenvalue weighted by molar-refractivity contribution is 5.85. The lowest BCUT2D eigenvalue weighted by molar-refractivity contribution is -0.126. The van der Waals surface area contributed by atoms with E-state index in [4.69, 9.17) is 5.73 Å². The Morgan fingerprint density at radius 3 is 2.77 bits per heavy atom. The predicted molar refractivity (Wildman–Crippen MR) is 87.8 cm³/mol. The van der Waals surface area contributed by atoms with Gasteiger partial charge < -0.3 is 11.1 Å². The Kier molecular flexibility index (Phi) is 5.33. The van der Waals surface area contributed by atoms with Crippen LogP contribution in [0, 0.1) is 0 Å². The van der Waals surface area contributed by atoms with Crippen LogP contribution < -0.4 is 11.1 Å². The third kappa shape index (κ3) is 4.18. The lowest BCUT2D eigenvalue weighted by atomic mass is 9.96. The fourth-order valence-electron chi connectivity index (χ4n) is 2.37. The summed E-state index contributed by atoms with van der Waals surface area (Å²) >= 11 is 0. The summed E-state index contributed by atoms with van der Waals surface area (Å²) in [6, 6.07) is 9.94. The van der Waals surface area contributed by atoms with Crippen LogP contribution in [0.15, 0.2) is 42.7 Å². The van der Waals surface area contributed by atoms with Crippen molar-refractivity contribution >= 4 is 5.91 Å². The summed E-state index contributed by atoms with van der Waals surface area (Å²) < 4.78 is 1.83. The number of hydrogen-bond acceptors (Lipinski definition) is 3. The van der Waals surface area contributed by atoms with Crippen LogP contribution in [0.4, 0.5) is 0 Å². The monoisotopic (exact) mass is 300 g/mol. The summed E-state index contributed by atoms with van der Waals surface area (Å²) in [7, 11) is 0. The largest absolute Gasteiger partial charge is 0.354 e. The third-order valence-electron chi connectivity index (χ3n) is 3.64. The van der Waals surface area contributed by atoms with E-state index in [-0.39, 0.29) is 5.91 Å². The van der Waals surface area contributed by atoms with Gasteiger partial charge in [-0.05, 0) is 37.5 Å². The standard InChI is InChI=1S/C17H24N4O/c1-3-10-17(2,18)16(22)19-11-9-14-12-20-21(13-14)15-7-5-4-6-8-15/h4-8,12-13H,3,9-11,18H2,1-2H3,(H,19,22). The molecule has 22 heavy (non-hydrogen) atoms. The lowest BCUT2D eigenvalue weighted by Gasteiger charge is -2.22. The summed E-state index contributed by atoms with van der Waals surface area (Å²) in [6.07, 6.45) is 6.12. The molecule has 0 bridgehead atoms. The predicted octanol–water partition coefficient (Wildman–Crippen LogP) is 2.05. The van der Waals surface area contributed by atoms with Crippen molar-refractivity contribution in [3.63, 3.8) is 0 Å². The summed E-state index contributed by atoms with van der Waals surface area (Å²) in [6.45, 7) is 4.37. The highest BCUT2D eigenvalue weighted by atomic mass is 16.2. The van der Waals surface area contributed by atoms with E-state index in [9.17, 15) is 4.79 Å². The Balaban J connectivity index is 1.86. The topological polar surface area (TPSA) is 72.9 Å². The number of nitrogens with zero attached hydrogens (tertiary/aromatic N) is 2.